The topological polar surface area (TPSA) is 87.7 Å². The molecule has 0 saturated carbocycles. The van der Waals surface area contributed by atoms with Gasteiger partial charge in [-0.3, -0.25) is 9.69 Å². The second-order valence-corrected chi connectivity index (χ2v) is 10.3. The van der Waals surface area contributed by atoms with E-state index in [0.717, 1.165) is 29.5 Å². The van der Waals surface area contributed by atoms with E-state index < -0.39 is 12.0 Å². The maximum absolute atomic E-state index is 13.5. The summed E-state index contributed by atoms with van der Waals surface area (Å²) in [6, 6.07) is 33.0. The Morgan fingerprint density at radius 2 is 1.47 bits per heavy atom. The number of rotatable bonds is 10. The predicted molar refractivity (Wildman–Crippen MR) is 169 cm³/mol. The number of nitrogens with zero attached hydrogens (tertiary/aromatic N) is 1. The fourth-order valence-corrected chi connectivity index (χ4v) is 5.21. The van der Waals surface area contributed by atoms with E-state index in [9.17, 15) is 14.4 Å². The maximum Gasteiger partial charge on any atom is 0.338 e. The van der Waals surface area contributed by atoms with Gasteiger partial charge in [-0.1, -0.05) is 98.3 Å². The number of ether oxygens (including phenoxy) is 1. The van der Waals surface area contributed by atoms with Gasteiger partial charge in [0.1, 0.15) is 0 Å². The van der Waals surface area contributed by atoms with Gasteiger partial charge < -0.3 is 15.4 Å². The Kier molecular flexibility index (Phi) is 9.32. The summed E-state index contributed by atoms with van der Waals surface area (Å²) in [6.07, 6.45) is 1.67. The quantitative estimate of drug-likeness (QED) is 0.193. The van der Waals surface area contributed by atoms with Crippen LogP contribution < -0.4 is 10.6 Å². The molecule has 1 atom stereocenters. The summed E-state index contributed by atoms with van der Waals surface area (Å²) in [7, 11) is 0. The third-order valence-electron chi connectivity index (χ3n) is 7.34. The van der Waals surface area contributed by atoms with Crippen LogP contribution in [0.25, 0.3) is 16.8 Å². The minimum absolute atomic E-state index is 0.194. The minimum atomic E-state index is -0.776. The van der Waals surface area contributed by atoms with E-state index >= 15 is 0 Å². The van der Waals surface area contributed by atoms with Gasteiger partial charge in [-0.15, -0.1) is 0 Å². The molecule has 0 spiro atoms. The van der Waals surface area contributed by atoms with Crippen molar-refractivity contribution in [1.82, 2.24) is 10.2 Å². The summed E-state index contributed by atoms with van der Waals surface area (Å²) in [5.41, 5.74) is 5.45. The lowest BCUT2D eigenvalue weighted by molar-refractivity contribution is -0.138. The molecule has 4 aromatic rings. The molecule has 5 rings (SSSR count). The van der Waals surface area contributed by atoms with Crippen LogP contribution in [0.1, 0.15) is 54.2 Å². The lowest BCUT2D eigenvalue weighted by Gasteiger charge is -2.37. The second-order valence-electron chi connectivity index (χ2n) is 10.3. The molecule has 7 nitrogen and oxygen atoms in total. The van der Waals surface area contributed by atoms with Crippen LogP contribution in [-0.4, -0.2) is 36.0 Å². The zero-order chi connectivity index (χ0) is 30.2. The maximum atomic E-state index is 13.5. The smallest absolute Gasteiger partial charge is 0.338 e. The van der Waals surface area contributed by atoms with E-state index in [1.165, 1.54) is 0 Å². The summed E-state index contributed by atoms with van der Waals surface area (Å²) < 4.78 is 5.52. The van der Waals surface area contributed by atoms with Crippen molar-refractivity contribution >= 4 is 29.3 Å². The molecule has 218 valence electrons. The summed E-state index contributed by atoms with van der Waals surface area (Å²) >= 11 is 0. The van der Waals surface area contributed by atoms with Crippen molar-refractivity contribution in [1.29, 1.82) is 0 Å². The van der Waals surface area contributed by atoms with Crippen LogP contribution in [0.15, 0.2) is 115 Å². The zero-order valence-electron chi connectivity index (χ0n) is 24.4. The van der Waals surface area contributed by atoms with Crippen molar-refractivity contribution in [2.24, 2.45) is 0 Å². The highest BCUT2D eigenvalue weighted by atomic mass is 16.5. The molecule has 3 amide bonds. The van der Waals surface area contributed by atoms with E-state index in [1.54, 1.807) is 42.2 Å². The average molecular weight is 574 g/mol. The number of amides is 3. The molecule has 0 fully saturated rings. The summed E-state index contributed by atoms with van der Waals surface area (Å²) in [5.74, 6) is -0.762. The Bertz CT molecular complexity index is 1620. The zero-order valence-corrected chi connectivity index (χ0v) is 24.4. The molecule has 0 bridgehead atoms. The van der Waals surface area contributed by atoms with Crippen LogP contribution in [0.5, 0.6) is 0 Å². The lowest BCUT2D eigenvalue weighted by atomic mass is 9.91. The van der Waals surface area contributed by atoms with Gasteiger partial charge >= 0.3 is 12.0 Å². The molecule has 1 aliphatic heterocycles. The van der Waals surface area contributed by atoms with E-state index in [4.69, 9.17) is 4.74 Å². The number of carbonyl (C=O) groups excluding carboxylic acids is 3. The largest absolute Gasteiger partial charge is 0.463 e. The van der Waals surface area contributed by atoms with Gasteiger partial charge in [0, 0.05) is 17.8 Å². The van der Waals surface area contributed by atoms with Gasteiger partial charge in [0.05, 0.1) is 23.9 Å². The second kappa shape index (κ2) is 13.7. The molecule has 43 heavy (non-hydrogen) atoms. The third kappa shape index (κ3) is 6.67. The summed E-state index contributed by atoms with van der Waals surface area (Å²) in [6.45, 7) is 4.47. The lowest BCUT2D eigenvalue weighted by Crippen LogP contribution is -2.48. The van der Waals surface area contributed by atoms with Gasteiger partial charge in [0.2, 0.25) is 0 Å². The average Bonchev–Trinajstić information content (AvgIpc) is 3.05. The Labute approximate surface area is 252 Å². The highest BCUT2D eigenvalue weighted by molar-refractivity contribution is 6.06. The van der Waals surface area contributed by atoms with E-state index in [2.05, 4.69) is 17.6 Å². The normalized spacial score (nSPS) is 14.7. The SMILES string of the molecule is CCCCN1C(=O)N[C@H](c2cccc(NC(=O)c3ccc(-c4ccccc4)cc3)c2)C(C(=O)OCC)=C1c1ccccc1. The molecule has 0 saturated heterocycles. The molecule has 0 aliphatic carbocycles. The Balaban J connectivity index is 1.48. The molecule has 0 unspecified atom stereocenters. The number of carbonyl (C=O) groups is 3. The number of anilines is 1. The first-order valence-electron chi connectivity index (χ1n) is 14.6. The van der Waals surface area contributed by atoms with Crippen LogP contribution >= 0.6 is 0 Å². The molecule has 0 radical (unpaired) electrons. The van der Waals surface area contributed by atoms with E-state index in [0.29, 0.717) is 34.6 Å². The van der Waals surface area contributed by atoms with Crippen LogP contribution in [0.2, 0.25) is 0 Å². The van der Waals surface area contributed by atoms with Crippen LogP contribution in [0.3, 0.4) is 0 Å². The van der Waals surface area contributed by atoms with Gasteiger partial charge in [0.25, 0.3) is 5.91 Å². The molecule has 2 N–H and O–H groups in total. The Morgan fingerprint density at radius 3 is 2.12 bits per heavy atom. The van der Waals surface area contributed by atoms with Crippen LogP contribution in [-0.2, 0) is 9.53 Å². The summed E-state index contributed by atoms with van der Waals surface area (Å²) in [5, 5.41) is 5.99. The van der Waals surface area contributed by atoms with Crippen LogP contribution in [0.4, 0.5) is 10.5 Å². The number of urea groups is 1. The Morgan fingerprint density at radius 1 is 0.814 bits per heavy atom. The van der Waals surface area contributed by atoms with Crippen molar-refractivity contribution in [2.75, 3.05) is 18.5 Å². The van der Waals surface area contributed by atoms with Gasteiger partial charge in [-0.25, -0.2) is 9.59 Å². The van der Waals surface area contributed by atoms with Crippen molar-refractivity contribution in [3.05, 3.63) is 131 Å². The molecular weight excluding hydrogens is 538 g/mol. The highest BCUT2D eigenvalue weighted by Crippen LogP contribution is 2.37. The van der Waals surface area contributed by atoms with E-state index in [1.807, 2.05) is 78.9 Å². The molecular formula is C36H35N3O4. The van der Waals surface area contributed by atoms with Gasteiger partial charge in [-0.2, -0.15) is 0 Å². The fraction of sp³-hybridized carbons (Fsp3) is 0.194. The molecule has 1 heterocycles. The first-order valence-corrected chi connectivity index (χ1v) is 14.6. The van der Waals surface area contributed by atoms with Gasteiger partial charge in [0.15, 0.2) is 0 Å². The number of hydrogen-bond acceptors (Lipinski definition) is 4. The van der Waals surface area contributed by atoms with Crippen molar-refractivity contribution in [2.45, 2.75) is 32.7 Å². The van der Waals surface area contributed by atoms with Crippen molar-refractivity contribution in [3.8, 4) is 11.1 Å². The van der Waals surface area contributed by atoms with Crippen molar-refractivity contribution < 1.29 is 19.1 Å². The third-order valence-corrected chi connectivity index (χ3v) is 7.34. The summed E-state index contributed by atoms with van der Waals surface area (Å²) in [4.78, 5) is 41.9. The van der Waals surface area contributed by atoms with E-state index in [-0.39, 0.29) is 18.5 Å². The van der Waals surface area contributed by atoms with Crippen LogP contribution in [0, 0.1) is 0 Å². The molecule has 0 aromatic heterocycles. The molecule has 1 aliphatic rings. The van der Waals surface area contributed by atoms with Gasteiger partial charge in [-0.05, 0) is 59.9 Å². The monoisotopic (exact) mass is 573 g/mol. The fourth-order valence-electron chi connectivity index (χ4n) is 5.21. The first-order chi connectivity index (χ1) is 21.0. The standard InChI is InChI=1S/C36H35N3O4/c1-3-5-23-39-33(27-15-10-7-11-16-27)31(35(41)43-4-2)32(38-36(39)42)29-17-12-18-30(24-29)37-34(40)28-21-19-26(20-22-28)25-13-8-6-9-14-25/h6-22,24,32H,3-5,23H2,1-2H3,(H,37,40)(H,38,42)/t32-/m1/s1. The number of nitrogens with one attached hydrogen (secondary N) is 2. The number of unbranched alkanes of at least 4 members (excludes halogenated alkanes) is 1. The Hall–Kier alpha value is -5.17. The molecule has 7 heteroatoms. The number of benzene rings is 4. The highest BCUT2D eigenvalue weighted by Gasteiger charge is 2.38. The van der Waals surface area contributed by atoms with Crippen molar-refractivity contribution in [3.63, 3.8) is 0 Å². The molecule has 4 aromatic carbocycles. The predicted octanol–water partition coefficient (Wildman–Crippen LogP) is 7.45. The number of esters is 1. The minimum Gasteiger partial charge on any atom is -0.463 e. The first kappa shape index (κ1) is 29.3. The number of hydrogen-bond donors (Lipinski definition) is 2.